The summed E-state index contributed by atoms with van der Waals surface area (Å²) < 4.78 is 28.6. The molecule has 9 nitrogen and oxygen atoms in total. The lowest BCUT2D eigenvalue weighted by atomic mass is 10.1. The van der Waals surface area contributed by atoms with Crippen LogP contribution in [-0.2, 0) is 14.5 Å². The Morgan fingerprint density at radius 3 is 2.86 bits per heavy atom. The zero-order chi connectivity index (χ0) is 15.7. The topological polar surface area (TPSA) is 133 Å². The molecule has 10 heteroatoms. The van der Waals surface area contributed by atoms with Gasteiger partial charge in [-0.3, -0.25) is 4.18 Å². The highest BCUT2D eigenvalue weighted by atomic mass is 32.2. The summed E-state index contributed by atoms with van der Waals surface area (Å²) in [6.07, 6.45) is 3.38. The van der Waals surface area contributed by atoms with E-state index in [2.05, 4.69) is 15.0 Å². The van der Waals surface area contributed by atoms with Gasteiger partial charge >= 0.3 is 10.3 Å². The number of rotatable bonds is 3. The van der Waals surface area contributed by atoms with Crippen LogP contribution in [0, 0.1) is 12.8 Å². The van der Waals surface area contributed by atoms with Gasteiger partial charge in [-0.15, -0.1) is 0 Å². The monoisotopic (exact) mass is 325 g/mol. The smallest absolute Gasteiger partial charge is 0.333 e. The van der Waals surface area contributed by atoms with Crippen molar-refractivity contribution in [2.75, 3.05) is 0 Å². The lowest BCUT2D eigenvalue weighted by Crippen LogP contribution is -2.25. The number of hydrogen-bond acceptors (Lipinski definition) is 7. The van der Waals surface area contributed by atoms with Crippen LogP contribution in [0.1, 0.15) is 24.6 Å². The first kappa shape index (κ1) is 14.0. The van der Waals surface area contributed by atoms with Crippen LogP contribution < -0.4 is 5.14 Å². The maximum atomic E-state index is 11.0. The van der Waals surface area contributed by atoms with E-state index in [4.69, 9.17) is 9.32 Å². The molecule has 2 aromatic rings. The van der Waals surface area contributed by atoms with E-state index in [0.717, 1.165) is 11.2 Å². The molecule has 2 aliphatic rings. The predicted octanol–water partition coefficient (Wildman–Crippen LogP) is -0.581. The molecule has 3 N–H and O–H groups in total. The lowest BCUT2D eigenvalue weighted by molar-refractivity contribution is 0.0854. The summed E-state index contributed by atoms with van der Waals surface area (Å²) in [5, 5.41) is 15.3. The van der Waals surface area contributed by atoms with Crippen molar-refractivity contribution in [2.24, 2.45) is 11.1 Å². The van der Waals surface area contributed by atoms with Crippen molar-refractivity contribution in [2.45, 2.75) is 37.5 Å². The molecule has 22 heavy (non-hydrogen) atoms. The Morgan fingerprint density at radius 2 is 2.23 bits per heavy atom. The molecule has 118 valence electrons. The molecule has 2 heterocycles. The van der Waals surface area contributed by atoms with Gasteiger partial charge in [0.2, 0.25) is 0 Å². The quantitative estimate of drug-likeness (QED) is 0.771. The minimum absolute atomic E-state index is 0.00497. The maximum absolute atomic E-state index is 11.0. The molecule has 0 bridgehead atoms. The highest BCUT2D eigenvalue weighted by molar-refractivity contribution is 7.84. The molecule has 0 saturated heterocycles. The standard InChI is InChI=1S/C12H15N5O4S/c1-6-9-11(15-4-14-6)17(5-16-9)7-2-8-10(12(8,18)3-7)21-22(13,19)20/h4-5,7-8,10,18H,2-3H2,1H3,(H2,13,19,20)/t7-,8-,10?,12+/m1/s1. The average molecular weight is 325 g/mol. The number of imidazole rings is 1. The molecule has 2 aliphatic carbocycles. The molecule has 0 amide bonds. The number of nitrogens with two attached hydrogens (primary N) is 1. The van der Waals surface area contributed by atoms with Gasteiger partial charge in [-0.1, -0.05) is 0 Å². The van der Waals surface area contributed by atoms with Crippen LogP contribution in [0.15, 0.2) is 12.7 Å². The molecule has 4 rings (SSSR count). The fourth-order valence-electron chi connectivity index (χ4n) is 3.56. The third kappa shape index (κ3) is 1.95. The van der Waals surface area contributed by atoms with Crippen LogP contribution in [0.25, 0.3) is 11.2 Å². The first-order valence-electron chi connectivity index (χ1n) is 6.87. The predicted molar refractivity (Wildman–Crippen MR) is 74.8 cm³/mol. The zero-order valence-electron chi connectivity index (χ0n) is 11.7. The molecule has 2 fully saturated rings. The first-order valence-corrected chi connectivity index (χ1v) is 8.34. The van der Waals surface area contributed by atoms with Crippen molar-refractivity contribution in [1.29, 1.82) is 0 Å². The van der Waals surface area contributed by atoms with Crippen molar-refractivity contribution < 1.29 is 17.7 Å². The summed E-state index contributed by atoms with van der Waals surface area (Å²) in [5.74, 6) is -0.240. The van der Waals surface area contributed by atoms with Crippen LogP contribution in [0.5, 0.6) is 0 Å². The molecule has 0 aromatic carbocycles. The van der Waals surface area contributed by atoms with Gasteiger partial charge in [0.25, 0.3) is 0 Å². The van der Waals surface area contributed by atoms with Crippen LogP contribution in [0.4, 0.5) is 0 Å². The maximum Gasteiger partial charge on any atom is 0.333 e. The fraction of sp³-hybridized carbons (Fsp3) is 0.583. The summed E-state index contributed by atoms with van der Waals surface area (Å²) in [5.41, 5.74) is 1.09. The largest absolute Gasteiger partial charge is 0.387 e. The summed E-state index contributed by atoms with van der Waals surface area (Å²) in [6, 6.07) is -0.00497. The Labute approximate surface area is 126 Å². The van der Waals surface area contributed by atoms with E-state index in [1.54, 1.807) is 6.33 Å². The Hall–Kier alpha value is -1.62. The van der Waals surface area contributed by atoms with E-state index in [-0.39, 0.29) is 12.0 Å². The Bertz CT molecular complexity index is 866. The van der Waals surface area contributed by atoms with E-state index in [1.807, 2.05) is 11.5 Å². The van der Waals surface area contributed by atoms with Gasteiger partial charge in [0.15, 0.2) is 5.65 Å². The second-order valence-corrected chi connectivity index (χ2v) is 7.16. The van der Waals surface area contributed by atoms with E-state index in [0.29, 0.717) is 18.5 Å². The summed E-state index contributed by atoms with van der Waals surface area (Å²) in [4.78, 5) is 12.7. The van der Waals surface area contributed by atoms with Gasteiger partial charge in [0.1, 0.15) is 23.5 Å². The van der Waals surface area contributed by atoms with E-state index in [9.17, 15) is 13.5 Å². The second-order valence-electron chi connectivity index (χ2n) is 5.98. The molecule has 1 unspecified atom stereocenters. The zero-order valence-corrected chi connectivity index (χ0v) is 12.6. The van der Waals surface area contributed by atoms with Crippen molar-refractivity contribution >= 4 is 21.5 Å². The van der Waals surface area contributed by atoms with Crippen molar-refractivity contribution in [1.82, 2.24) is 19.5 Å². The molecule has 0 aliphatic heterocycles. The van der Waals surface area contributed by atoms with Gasteiger partial charge < -0.3 is 9.67 Å². The van der Waals surface area contributed by atoms with E-state index in [1.165, 1.54) is 6.33 Å². The van der Waals surface area contributed by atoms with Crippen molar-refractivity contribution in [3.63, 3.8) is 0 Å². The number of aromatic nitrogens is 4. The highest BCUT2D eigenvalue weighted by Gasteiger charge is 2.71. The molecular formula is C12H15N5O4S. The summed E-state index contributed by atoms with van der Waals surface area (Å²) >= 11 is 0. The summed E-state index contributed by atoms with van der Waals surface area (Å²) in [6.45, 7) is 1.86. The molecular weight excluding hydrogens is 310 g/mol. The SMILES string of the molecule is Cc1ncnc2c1ncn2[C@@H]1C[C@@H]2C(OS(N)(=O)=O)[C@]2(O)C1. The third-order valence-corrected chi connectivity index (χ3v) is 5.13. The molecule has 4 atom stereocenters. The highest BCUT2D eigenvalue weighted by Crippen LogP contribution is 2.61. The number of aliphatic hydroxyl groups is 1. The molecule has 0 spiro atoms. The third-order valence-electron chi connectivity index (χ3n) is 4.65. The number of hydrogen-bond donors (Lipinski definition) is 2. The molecule has 2 saturated carbocycles. The van der Waals surface area contributed by atoms with Crippen molar-refractivity contribution in [3.05, 3.63) is 18.3 Å². The Balaban J connectivity index is 1.59. The first-order chi connectivity index (χ1) is 10.3. The number of fused-ring (bicyclic) bond motifs is 2. The van der Waals surface area contributed by atoms with Gasteiger partial charge in [-0.2, -0.15) is 8.42 Å². The van der Waals surface area contributed by atoms with Gasteiger partial charge in [0.05, 0.1) is 12.0 Å². The lowest BCUT2D eigenvalue weighted by Gasteiger charge is -2.18. The van der Waals surface area contributed by atoms with Crippen LogP contribution in [-0.4, -0.2) is 44.7 Å². The Kier molecular flexibility index (Phi) is 2.69. The Morgan fingerprint density at radius 1 is 1.45 bits per heavy atom. The molecule has 0 radical (unpaired) electrons. The second kappa shape index (κ2) is 4.22. The van der Waals surface area contributed by atoms with Crippen molar-refractivity contribution in [3.8, 4) is 0 Å². The van der Waals surface area contributed by atoms with E-state index < -0.39 is 22.0 Å². The molecule has 2 aromatic heterocycles. The van der Waals surface area contributed by atoms with Crippen LogP contribution in [0.2, 0.25) is 0 Å². The minimum atomic E-state index is -4.05. The number of nitrogens with zero attached hydrogens (tertiary/aromatic N) is 4. The van der Waals surface area contributed by atoms with Gasteiger partial charge in [0, 0.05) is 12.0 Å². The van der Waals surface area contributed by atoms with Crippen LogP contribution >= 0.6 is 0 Å². The van der Waals surface area contributed by atoms with Gasteiger partial charge in [-0.25, -0.2) is 20.1 Å². The normalized spacial score (nSPS) is 34.0. The van der Waals surface area contributed by atoms with Gasteiger partial charge in [-0.05, 0) is 19.8 Å². The fourth-order valence-corrected chi connectivity index (χ4v) is 4.15. The summed E-state index contributed by atoms with van der Waals surface area (Å²) in [7, 11) is -4.05. The average Bonchev–Trinajstić information content (AvgIpc) is 2.83. The minimum Gasteiger partial charge on any atom is -0.387 e. The van der Waals surface area contributed by atoms with E-state index >= 15 is 0 Å². The van der Waals surface area contributed by atoms with Crippen LogP contribution in [0.3, 0.4) is 0 Å². The number of aryl methyl sites for hydroxylation is 1.